The molecule has 0 aromatic rings. The Morgan fingerprint density at radius 1 is 1.48 bits per heavy atom. The zero-order chi connectivity index (χ0) is 16.0. The van der Waals surface area contributed by atoms with Gasteiger partial charge in [0.05, 0.1) is 18.6 Å². The molecule has 1 aliphatic heterocycles. The SMILES string of the molecule is CCC(C)C(O)CNC(=O)C1CCCN(CC(F)(F)F)C1. The summed E-state index contributed by atoms with van der Waals surface area (Å²) in [6, 6.07) is 0. The minimum absolute atomic E-state index is 0.0818. The Hall–Kier alpha value is -0.820. The van der Waals surface area contributed by atoms with E-state index in [1.54, 1.807) is 0 Å². The average molecular weight is 310 g/mol. The van der Waals surface area contributed by atoms with Gasteiger partial charge in [-0.2, -0.15) is 13.2 Å². The monoisotopic (exact) mass is 310 g/mol. The van der Waals surface area contributed by atoms with E-state index in [1.165, 1.54) is 4.90 Å². The number of aliphatic hydroxyl groups is 1. The standard InChI is InChI=1S/C14H25F3N2O2/c1-3-10(2)12(20)7-18-13(21)11-5-4-6-19(8-11)9-14(15,16)17/h10-12,20H,3-9H2,1-2H3,(H,18,21). The van der Waals surface area contributed by atoms with Gasteiger partial charge in [0.2, 0.25) is 5.91 Å². The van der Waals surface area contributed by atoms with Crippen molar-refractivity contribution in [1.82, 2.24) is 10.2 Å². The second-order valence-corrected chi connectivity index (χ2v) is 5.89. The van der Waals surface area contributed by atoms with Crippen LogP contribution in [0.5, 0.6) is 0 Å². The summed E-state index contributed by atoms with van der Waals surface area (Å²) in [7, 11) is 0. The van der Waals surface area contributed by atoms with Crippen LogP contribution in [0.3, 0.4) is 0 Å². The fraction of sp³-hybridized carbons (Fsp3) is 0.929. The second-order valence-electron chi connectivity index (χ2n) is 5.89. The van der Waals surface area contributed by atoms with Gasteiger partial charge >= 0.3 is 6.18 Å². The van der Waals surface area contributed by atoms with Gasteiger partial charge in [-0.3, -0.25) is 9.69 Å². The first-order valence-electron chi connectivity index (χ1n) is 7.47. The molecule has 3 atom stereocenters. The van der Waals surface area contributed by atoms with Crippen molar-refractivity contribution in [1.29, 1.82) is 0 Å². The molecule has 124 valence electrons. The predicted octanol–water partition coefficient (Wildman–Crippen LogP) is 1.78. The van der Waals surface area contributed by atoms with Gasteiger partial charge in [-0.25, -0.2) is 0 Å². The van der Waals surface area contributed by atoms with Crippen LogP contribution < -0.4 is 5.32 Å². The van der Waals surface area contributed by atoms with Crippen LogP contribution in [0.15, 0.2) is 0 Å². The van der Waals surface area contributed by atoms with Crippen LogP contribution in [-0.2, 0) is 4.79 Å². The quantitative estimate of drug-likeness (QED) is 0.786. The van der Waals surface area contributed by atoms with Crippen molar-refractivity contribution >= 4 is 5.91 Å². The summed E-state index contributed by atoms with van der Waals surface area (Å²) in [4.78, 5) is 13.3. The number of likely N-dealkylation sites (tertiary alicyclic amines) is 1. The summed E-state index contributed by atoms with van der Waals surface area (Å²) in [5.41, 5.74) is 0. The highest BCUT2D eigenvalue weighted by atomic mass is 19.4. The molecule has 0 aromatic carbocycles. The maximum atomic E-state index is 12.4. The third-order valence-electron chi connectivity index (χ3n) is 4.07. The third kappa shape index (κ3) is 6.65. The lowest BCUT2D eigenvalue weighted by Crippen LogP contribution is -2.47. The average Bonchev–Trinajstić information content (AvgIpc) is 2.41. The summed E-state index contributed by atoms with van der Waals surface area (Å²) in [6.07, 6.45) is -2.86. The molecule has 1 amide bonds. The number of aliphatic hydroxyl groups excluding tert-OH is 1. The van der Waals surface area contributed by atoms with E-state index >= 15 is 0 Å². The lowest BCUT2D eigenvalue weighted by atomic mass is 9.96. The van der Waals surface area contributed by atoms with Crippen molar-refractivity contribution in [3.8, 4) is 0 Å². The normalized spacial score (nSPS) is 23.6. The predicted molar refractivity (Wildman–Crippen MR) is 73.7 cm³/mol. The molecule has 1 heterocycles. The van der Waals surface area contributed by atoms with Crippen LogP contribution in [0, 0.1) is 11.8 Å². The van der Waals surface area contributed by atoms with Crippen LogP contribution in [0.1, 0.15) is 33.1 Å². The molecule has 2 N–H and O–H groups in total. The number of piperidine rings is 1. The molecule has 1 aliphatic rings. The summed E-state index contributed by atoms with van der Waals surface area (Å²) < 4.78 is 37.1. The molecule has 3 unspecified atom stereocenters. The van der Waals surface area contributed by atoms with Gasteiger partial charge in [0.15, 0.2) is 0 Å². The maximum Gasteiger partial charge on any atom is 0.401 e. The molecule has 1 fully saturated rings. The second kappa shape index (κ2) is 7.98. The van der Waals surface area contributed by atoms with E-state index in [9.17, 15) is 23.1 Å². The molecule has 0 aliphatic carbocycles. The molecule has 1 saturated heterocycles. The Bertz CT molecular complexity index is 337. The van der Waals surface area contributed by atoms with Gasteiger partial charge in [0.25, 0.3) is 0 Å². The number of hydrogen-bond acceptors (Lipinski definition) is 3. The van der Waals surface area contributed by atoms with Gasteiger partial charge in [-0.1, -0.05) is 20.3 Å². The van der Waals surface area contributed by atoms with E-state index in [0.29, 0.717) is 19.4 Å². The van der Waals surface area contributed by atoms with Gasteiger partial charge in [-0.05, 0) is 25.3 Å². The topological polar surface area (TPSA) is 52.6 Å². The summed E-state index contributed by atoms with van der Waals surface area (Å²) in [6.45, 7) is 3.54. The zero-order valence-electron chi connectivity index (χ0n) is 12.6. The highest BCUT2D eigenvalue weighted by Crippen LogP contribution is 2.22. The fourth-order valence-electron chi connectivity index (χ4n) is 2.49. The molecular weight excluding hydrogens is 285 g/mol. The van der Waals surface area contributed by atoms with Crippen LogP contribution >= 0.6 is 0 Å². The minimum atomic E-state index is -4.23. The Morgan fingerprint density at radius 2 is 2.14 bits per heavy atom. The Balaban J connectivity index is 2.40. The van der Waals surface area contributed by atoms with Crippen molar-refractivity contribution in [2.45, 2.75) is 45.4 Å². The number of carbonyl (C=O) groups is 1. The Kier molecular flexibility index (Phi) is 6.93. The fourth-order valence-corrected chi connectivity index (χ4v) is 2.49. The third-order valence-corrected chi connectivity index (χ3v) is 4.07. The molecule has 0 bridgehead atoms. The van der Waals surface area contributed by atoms with Crippen LogP contribution in [0.25, 0.3) is 0 Å². The van der Waals surface area contributed by atoms with E-state index in [0.717, 1.165) is 6.42 Å². The number of rotatable bonds is 6. The lowest BCUT2D eigenvalue weighted by molar-refractivity contribution is -0.152. The maximum absolute atomic E-state index is 12.4. The number of alkyl halides is 3. The number of hydrogen-bond donors (Lipinski definition) is 2. The van der Waals surface area contributed by atoms with Crippen LogP contribution in [0.2, 0.25) is 0 Å². The number of nitrogens with one attached hydrogen (secondary N) is 1. The zero-order valence-corrected chi connectivity index (χ0v) is 12.6. The summed E-state index contributed by atoms with van der Waals surface area (Å²) in [5, 5.41) is 12.4. The van der Waals surface area contributed by atoms with E-state index in [2.05, 4.69) is 5.32 Å². The van der Waals surface area contributed by atoms with E-state index in [-0.39, 0.29) is 24.9 Å². The van der Waals surface area contributed by atoms with Crippen molar-refractivity contribution in [2.24, 2.45) is 11.8 Å². The number of halogens is 3. The smallest absolute Gasteiger partial charge is 0.391 e. The van der Waals surface area contributed by atoms with Crippen LogP contribution in [0.4, 0.5) is 13.2 Å². The van der Waals surface area contributed by atoms with Gasteiger partial charge < -0.3 is 10.4 Å². The molecule has 0 spiro atoms. The lowest BCUT2D eigenvalue weighted by Gasteiger charge is -2.32. The van der Waals surface area contributed by atoms with E-state index in [4.69, 9.17) is 0 Å². The van der Waals surface area contributed by atoms with Crippen LogP contribution in [-0.4, -0.2) is 54.4 Å². The molecule has 0 aromatic heterocycles. The molecule has 7 heteroatoms. The Labute approximate surface area is 123 Å². The first kappa shape index (κ1) is 18.2. The molecule has 1 rings (SSSR count). The molecule has 4 nitrogen and oxygen atoms in total. The molecule has 0 saturated carbocycles. The molecule has 0 radical (unpaired) electrons. The summed E-state index contributed by atoms with van der Waals surface area (Å²) in [5.74, 6) is -0.604. The number of amides is 1. The van der Waals surface area contributed by atoms with E-state index < -0.39 is 24.7 Å². The van der Waals surface area contributed by atoms with Crippen molar-refractivity contribution in [3.63, 3.8) is 0 Å². The van der Waals surface area contributed by atoms with E-state index in [1.807, 2.05) is 13.8 Å². The van der Waals surface area contributed by atoms with Gasteiger partial charge in [-0.15, -0.1) is 0 Å². The van der Waals surface area contributed by atoms with Gasteiger partial charge in [0, 0.05) is 13.1 Å². The highest BCUT2D eigenvalue weighted by Gasteiger charge is 2.34. The highest BCUT2D eigenvalue weighted by molar-refractivity contribution is 5.79. The molecule has 21 heavy (non-hydrogen) atoms. The molecular formula is C14H25F3N2O2. The number of carbonyl (C=O) groups excluding carboxylic acids is 1. The number of nitrogens with zero attached hydrogens (tertiary/aromatic N) is 1. The van der Waals surface area contributed by atoms with Crippen molar-refractivity contribution in [2.75, 3.05) is 26.2 Å². The van der Waals surface area contributed by atoms with Crippen molar-refractivity contribution < 1.29 is 23.1 Å². The van der Waals surface area contributed by atoms with Crippen molar-refractivity contribution in [3.05, 3.63) is 0 Å². The largest absolute Gasteiger partial charge is 0.401 e. The van der Waals surface area contributed by atoms with Gasteiger partial charge in [0.1, 0.15) is 0 Å². The minimum Gasteiger partial charge on any atom is -0.391 e. The first-order chi connectivity index (χ1) is 9.73. The summed E-state index contributed by atoms with van der Waals surface area (Å²) >= 11 is 0. The Morgan fingerprint density at radius 3 is 2.71 bits per heavy atom. The first-order valence-corrected chi connectivity index (χ1v) is 7.47.